The number of rotatable bonds is 6. The van der Waals surface area contributed by atoms with Gasteiger partial charge in [-0.15, -0.1) is 0 Å². The molecule has 1 aromatic carbocycles. The smallest absolute Gasteiger partial charge is 0.274 e. The molecule has 2 N–H and O–H groups in total. The maximum atomic E-state index is 12.6. The Bertz CT molecular complexity index is 889. The zero-order valence-corrected chi connectivity index (χ0v) is 14.4. The topological polar surface area (TPSA) is 79.8 Å². The lowest BCUT2D eigenvalue weighted by Gasteiger charge is -2.10. The van der Waals surface area contributed by atoms with Crippen LogP contribution in [0.25, 0.3) is 10.9 Å². The second-order valence-corrected chi connectivity index (χ2v) is 5.80. The number of hydrogen-bond acceptors (Lipinski definition) is 5. The maximum Gasteiger partial charge on any atom is 0.274 e. The second-order valence-electron chi connectivity index (χ2n) is 5.80. The first-order chi connectivity index (χ1) is 12.2. The number of pyridine rings is 1. The average Bonchev–Trinajstić information content (AvgIpc) is 2.62. The van der Waals surface area contributed by atoms with Crippen molar-refractivity contribution in [2.24, 2.45) is 0 Å². The summed E-state index contributed by atoms with van der Waals surface area (Å²) < 4.78 is 0. The molecule has 0 radical (unpaired) electrons. The van der Waals surface area contributed by atoms with Crippen molar-refractivity contribution in [3.63, 3.8) is 0 Å². The third-order valence-electron chi connectivity index (χ3n) is 3.79. The van der Waals surface area contributed by atoms with E-state index in [2.05, 4.69) is 32.5 Å². The molecule has 1 amide bonds. The molecular formula is C19H21N5O. The van der Waals surface area contributed by atoms with E-state index >= 15 is 0 Å². The SMILES string of the molecule is CCCCNc1cc(C(=O)Nc2cccc3cccnc23)nc(C)n1. The van der Waals surface area contributed by atoms with Crippen LogP contribution < -0.4 is 10.6 Å². The summed E-state index contributed by atoms with van der Waals surface area (Å²) in [5.41, 5.74) is 1.75. The lowest BCUT2D eigenvalue weighted by atomic mass is 10.2. The number of nitrogens with one attached hydrogen (secondary N) is 2. The molecule has 25 heavy (non-hydrogen) atoms. The zero-order valence-electron chi connectivity index (χ0n) is 14.4. The third-order valence-corrected chi connectivity index (χ3v) is 3.79. The van der Waals surface area contributed by atoms with Crippen LogP contribution in [-0.2, 0) is 0 Å². The fraction of sp³-hybridized carbons (Fsp3) is 0.263. The summed E-state index contributed by atoms with van der Waals surface area (Å²) in [5, 5.41) is 7.11. The van der Waals surface area contributed by atoms with Gasteiger partial charge in [-0.2, -0.15) is 0 Å². The van der Waals surface area contributed by atoms with Crippen LogP contribution in [0.1, 0.15) is 36.1 Å². The highest BCUT2D eigenvalue weighted by Crippen LogP contribution is 2.21. The van der Waals surface area contributed by atoms with Gasteiger partial charge in [0.15, 0.2) is 0 Å². The summed E-state index contributed by atoms with van der Waals surface area (Å²) >= 11 is 0. The number of carbonyl (C=O) groups excluding carboxylic acids is 1. The van der Waals surface area contributed by atoms with Gasteiger partial charge in [-0.3, -0.25) is 9.78 Å². The summed E-state index contributed by atoms with van der Waals surface area (Å²) in [6, 6.07) is 11.2. The molecule has 0 bridgehead atoms. The summed E-state index contributed by atoms with van der Waals surface area (Å²) in [4.78, 5) is 25.6. The summed E-state index contributed by atoms with van der Waals surface area (Å²) in [6.07, 6.45) is 3.85. The van der Waals surface area contributed by atoms with Crippen LogP contribution in [0.4, 0.5) is 11.5 Å². The average molecular weight is 335 g/mol. The minimum atomic E-state index is -0.276. The van der Waals surface area contributed by atoms with Crippen molar-refractivity contribution in [2.45, 2.75) is 26.7 Å². The van der Waals surface area contributed by atoms with Gasteiger partial charge in [0, 0.05) is 24.2 Å². The fourth-order valence-corrected chi connectivity index (χ4v) is 2.56. The minimum absolute atomic E-state index is 0.276. The van der Waals surface area contributed by atoms with Gasteiger partial charge in [0.2, 0.25) is 0 Å². The Balaban J connectivity index is 1.83. The van der Waals surface area contributed by atoms with Crippen LogP contribution in [0.2, 0.25) is 0 Å². The van der Waals surface area contributed by atoms with E-state index in [4.69, 9.17) is 0 Å². The minimum Gasteiger partial charge on any atom is -0.370 e. The summed E-state index contributed by atoms with van der Waals surface area (Å²) in [5.74, 6) is 0.951. The monoisotopic (exact) mass is 335 g/mol. The van der Waals surface area contributed by atoms with Gasteiger partial charge in [-0.1, -0.05) is 31.5 Å². The summed E-state index contributed by atoms with van der Waals surface area (Å²) in [6.45, 7) is 4.73. The number of hydrogen-bond donors (Lipinski definition) is 2. The highest BCUT2D eigenvalue weighted by Gasteiger charge is 2.12. The molecule has 6 nitrogen and oxygen atoms in total. The molecule has 0 saturated heterocycles. The number of aryl methyl sites for hydroxylation is 1. The largest absolute Gasteiger partial charge is 0.370 e. The van der Waals surface area contributed by atoms with Crippen LogP contribution in [0, 0.1) is 6.92 Å². The van der Waals surface area contributed by atoms with Crippen LogP contribution in [-0.4, -0.2) is 27.4 Å². The molecular weight excluding hydrogens is 314 g/mol. The quantitative estimate of drug-likeness (QED) is 0.670. The van der Waals surface area contributed by atoms with E-state index in [1.165, 1.54) is 0 Å². The fourth-order valence-electron chi connectivity index (χ4n) is 2.56. The molecule has 0 fully saturated rings. The maximum absolute atomic E-state index is 12.6. The highest BCUT2D eigenvalue weighted by molar-refractivity contribution is 6.07. The molecule has 0 aliphatic carbocycles. The lowest BCUT2D eigenvalue weighted by molar-refractivity contribution is 0.102. The van der Waals surface area contributed by atoms with Crippen molar-refractivity contribution >= 4 is 28.3 Å². The molecule has 0 saturated carbocycles. The lowest BCUT2D eigenvalue weighted by Crippen LogP contribution is -2.16. The van der Waals surface area contributed by atoms with Gasteiger partial charge in [-0.25, -0.2) is 9.97 Å². The van der Waals surface area contributed by atoms with Gasteiger partial charge >= 0.3 is 0 Å². The number of unbranched alkanes of at least 4 members (excludes halogenated alkanes) is 1. The van der Waals surface area contributed by atoms with Crippen LogP contribution in [0.15, 0.2) is 42.6 Å². The number of para-hydroxylation sites is 1. The first-order valence-electron chi connectivity index (χ1n) is 8.42. The van der Waals surface area contributed by atoms with Crippen LogP contribution in [0.5, 0.6) is 0 Å². The molecule has 3 aromatic rings. The number of fused-ring (bicyclic) bond motifs is 1. The molecule has 0 aliphatic heterocycles. The molecule has 2 aromatic heterocycles. The van der Waals surface area contributed by atoms with Crippen molar-refractivity contribution in [3.8, 4) is 0 Å². The van der Waals surface area contributed by atoms with E-state index in [1.54, 1.807) is 19.2 Å². The standard InChI is InChI=1S/C19H21N5O/c1-3-4-10-20-17-12-16(22-13(2)23-17)19(25)24-15-9-5-7-14-8-6-11-21-18(14)15/h5-9,11-12H,3-4,10H2,1-2H3,(H,24,25)(H,20,22,23). The molecule has 0 unspecified atom stereocenters. The van der Waals surface area contributed by atoms with E-state index < -0.39 is 0 Å². The van der Waals surface area contributed by atoms with Crippen molar-refractivity contribution in [3.05, 3.63) is 54.1 Å². The Morgan fingerprint density at radius 2 is 2.00 bits per heavy atom. The van der Waals surface area contributed by atoms with Gasteiger partial charge in [-0.05, 0) is 25.5 Å². The number of amides is 1. The Morgan fingerprint density at radius 3 is 2.84 bits per heavy atom. The van der Waals surface area contributed by atoms with Gasteiger partial charge in [0.05, 0.1) is 11.2 Å². The van der Waals surface area contributed by atoms with Gasteiger partial charge in [0.25, 0.3) is 5.91 Å². The number of nitrogens with zero attached hydrogens (tertiary/aromatic N) is 3. The molecule has 6 heteroatoms. The van der Waals surface area contributed by atoms with Crippen molar-refractivity contribution in [2.75, 3.05) is 17.2 Å². The summed E-state index contributed by atoms with van der Waals surface area (Å²) in [7, 11) is 0. The predicted molar refractivity (Wildman–Crippen MR) is 99.9 cm³/mol. The Hall–Kier alpha value is -3.02. The molecule has 0 spiro atoms. The van der Waals surface area contributed by atoms with E-state index in [0.29, 0.717) is 23.0 Å². The third kappa shape index (κ3) is 4.09. The van der Waals surface area contributed by atoms with Gasteiger partial charge in [0.1, 0.15) is 17.3 Å². The molecule has 0 aliphatic rings. The Labute approximate surface area is 146 Å². The number of aromatic nitrogens is 3. The van der Waals surface area contributed by atoms with Crippen LogP contribution >= 0.6 is 0 Å². The highest BCUT2D eigenvalue weighted by atomic mass is 16.1. The van der Waals surface area contributed by atoms with Crippen molar-refractivity contribution in [1.82, 2.24) is 15.0 Å². The molecule has 3 rings (SSSR count). The van der Waals surface area contributed by atoms with E-state index in [-0.39, 0.29) is 5.91 Å². The Kier molecular flexibility index (Phi) is 5.18. The molecule has 128 valence electrons. The first-order valence-corrected chi connectivity index (χ1v) is 8.42. The van der Waals surface area contributed by atoms with E-state index in [1.807, 2.05) is 30.3 Å². The van der Waals surface area contributed by atoms with Crippen LogP contribution in [0.3, 0.4) is 0 Å². The molecule has 2 heterocycles. The van der Waals surface area contributed by atoms with Gasteiger partial charge < -0.3 is 10.6 Å². The molecule has 0 atom stereocenters. The Morgan fingerprint density at radius 1 is 1.16 bits per heavy atom. The number of benzene rings is 1. The number of carbonyl (C=O) groups is 1. The second kappa shape index (κ2) is 7.70. The predicted octanol–water partition coefficient (Wildman–Crippen LogP) is 3.80. The first kappa shape index (κ1) is 16.8. The number of anilines is 2. The van der Waals surface area contributed by atoms with Crippen molar-refractivity contribution < 1.29 is 4.79 Å². The van der Waals surface area contributed by atoms with E-state index in [0.717, 1.165) is 30.3 Å². The normalized spacial score (nSPS) is 10.6. The van der Waals surface area contributed by atoms with Crippen molar-refractivity contribution in [1.29, 1.82) is 0 Å². The zero-order chi connectivity index (χ0) is 17.6. The van der Waals surface area contributed by atoms with E-state index in [9.17, 15) is 4.79 Å².